The number of halogens is 5. The molecule has 0 unspecified atom stereocenters. The molecule has 1 aliphatic rings. The summed E-state index contributed by atoms with van der Waals surface area (Å²) in [6, 6.07) is 5.00. The van der Waals surface area contributed by atoms with Crippen LogP contribution in [0.2, 0.25) is 0 Å². The Balaban J connectivity index is 2.00. The molecule has 36 heavy (non-hydrogen) atoms. The molecule has 1 aliphatic heterocycles. The van der Waals surface area contributed by atoms with Crippen LogP contribution in [0.15, 0.2) is 30.5 Å². The number of nitrogens with two attached hydrogens (primary N) is 1. The van der Waals surface area contributed by atoms with E-state index in [0.717, 1.165) is 31.5 Å². The molecule has 3 aromatic rings. The maximum atomic E-state index is 14.5. The van der Waals surface area contributed by atoms with Crippen LogP contribution < -0.4 is 10.5 Å². The average molecular weight is 506 g/mol. The SMILES string of the molecule is COc1ncc(-n2c(-c3ccc(C#N)c(F)c3)nc(C(=O)N3CCC[C@H](N)C3)c2C(F)(F)F)cc1F. The van der Waals surface area contributed by atoms with E-state index in [1.54, 1.807) is 6.07 Å². The Labute approximate surface area is 201 Å². The lowest BCUT2D eigenvalue weighted by Crippen LogP contribution is -2.46. The molecule has 1 amide bonds. The van der Waals surface area contributed by atoms with E-state index >= 15 is 0 Å². The van der Waals surface area contributed by atoms with Crippen LogP contribution >= 0.6 is 0 Å². The predicted molar refractivity (Wildman–Crippen MR) is 116 cm³/mol. The first kappa shape index (κ1) is 25.1. The average Bonchev–Trinajstić information content (AvgIpc) is 3.25. The van der Waals surface area contributed by atoms with Crippen LogP contribution in [-0.4, -0.2) is 51.6 Å². The summed E-state index contributed by atoms with van der Waals surface area (Å²) in [7, 11) is 1.13. The molecule has 0 saturated carbocycles. The standard InChI is InChI=1S/C23H19F5N6O2/c1-36-21-17(25)8-15(10-31-21)34-19(23(26,27)28)18(22(35)33-6-2-3-14(30)11-33)32-20(34)12-4-5-13(9-29)16(24)7-12/h4-5,7-8,10,14H,2-3,6,11,30H2,1H3/t14-/m0/s1. The monoisotopic (exact) mass is 506 g/mol. The fraction of sp³-hybridized carbons (Fsp3) is 0.304. The minimum absolute atomic E-state index is 0.0303. The van der Waals surface area contributed by atoms with E-state index in [1.807, 2.05) is 0 Å². The third-order valence-corrected chi connectivity index (χ3v) is 5.69. The summed E-state index contributed by atoms with van der Waals surface area (Å²) in [5.41, 5.74) is 2.51. The van der Waals surface area contributed by atoms with E-state index < -0.39 is 58.5 Å². The van der Waals surface area contributed by atoms with E-state index in [-0.39, 0.29) is 24.2 Å². The zero-order valence-electron chi connectivity index (χ0n) is 18.8. The number of hydrogen-bond acceptors (Lipinski definition) is 6. The summed E-state index contributed by atoms with van der Waals surface area (Å²) in [4.78, 5) is 22.1. The van der Waals surface area contributed by atoms with E-state index in [1.165, 1.54) is 11.0 Å². The molecular formula is C23H19F5N6O2. The van der Waals surface area contributed by atoms with Crippen molar-refractivity contribution in [2.45, 2.75) is 25.1 Å². The number of pyridine rings is 1. The van der Waals surface area contributed by atoms with E-state index in [9.17, 15) is 26.7 Å². The number of carbonyl (C=O) groups is 1. The van der Waals surface area contributed by atoms with Crippen molar-refractivity contribution in [1.82, 2.24) is 19.4 Å². The lowest BCUT2D eigenvalue weighted by Gasteiger charge is -2.30. The van der Waals surface area contributed by atoms with Crippen molar-refractivity contribution >= 4 is 5.91 Å². The summed E-state index contributed by atoms with van der Waals surface area (Å²) in [5.74, 6) is -4.05. The molecule has 4 rings (SSSR count). The molecule has 0 bridgehead atoms. The number of likely N-dealkylation sites (tertiary alicyclic amines) is 1. The first-order valence-electron chi connectivity index (χ1n) is 10.7. The van der Waals surface area contributed by atoms with Crippen molar-refractivity contribution < 1.29 is 31.5 Å². The number of ether oxygens (including phenoxy) is 1. The molecule has 1 atom stereocenters. The number of alkyl halides is 3. The highest BCUT2D eigenvalue weighted by atomic mass is 19.4. The molecule has 13 heteroatoms. The molecule has 188 valence electrons. The van der Waals surface area contributed by atoms with Crippen LogP contribution in [0.1, 0.15) is 34.6 Å². The Morgan fingerprint density at radius 2 is 2.00 bits per heavy atom. The third-order valence-electron chi connectivity index (χ3n) is 5.69. The largest absolute Gasteiger partial charge is 0.479 e. The van der Waals surface area contributed by atoms with Crippen molar-refractivity contribution in [2.24, 2.45) is 5.73 Å². The molecule has 1 aromatic carbocycles. The van der Waals surface area contributed by atoms with Gasteiger partial charge in [-0.25, -0.2) is 18.7 Å². The van der Waals surface area contributed by atoms with Crippen molar-refractivity contribution in [3.8, 4) is 29.0 Å². The first-order valence-corrected chi connectivity index (χ1v) is 10.7. The van der Waals surface area contributed by atoms with Gasteiger partial charge in [0.15, 0.2) is 17.2 Å². The number of nitriles is 1. The Hall–Kier alpha value is -4.05. The Bertz CT molecular complexity index is 1360. The zero-order chi connectivity index (χ0) is 26.2. The highest BCUT2D eigenvalue weighted by Crippen LogP contribution is 2.39. The number of carbonyl (C=O) groups excluding carboxylic acids is 1. The van der Waals surface area contributed by atoms with E-state index in [2.05, 4.69) is 9.97 Å². The third kappa shape index (κ3) is 4.59. The molecule has 0 radical (unpaired) electrons. The Morgan fingerprint density at radius 3 is 2.58 bits per heavy atom. The van der Waals surface area contributed by atoms with Crippen molar-refractivity contribution in [3.05, 3.63) is 59.0 Å². The summed E-state index contributed by atoms with van der Waals surface area (Å²) >= 11 is 0. The minimum atomic E-state index is -5.13. The van der Waals surface area contributed by atoms with Crippen molar-refractivity contribution in [3.63, 3.8) is 0 Å². The highest BCUT2D eigenvalue weighted by Gasteiger charge is 2.44. The number of imidazole rings is 1. The number of piperidine rings is 1. The predicted octanol–water partition coefficient (Wildman–Crippen LogP) is 3.67. The fourth-order valence-electron chi connectivity index (χ4n) is 4.05. The van der Waals surface area contributed by atoms with Gasteiger partial charge in [-0.3, -0.25) is 9.36 Å². The van der Waals surface area contributed by atoms with Gasteiger partial charge in [0, 0.05) is 30.8 Å². The molecule has 0 aliphatic carbocycles. The number of amides is 1. The van der Waals surface area contributed by atoms with Gasteiger partial charge in [-0.05, 0) is 31.0 Å². The fourth-order valence-corrected chi connectivity index (χ4v) is 4.05. The highest BCUT2D eigenvalue weighted by molar-refractivity contribution is 5.95. The van der Waals surface area contributed by atoms with E-state index in [4.69, 9.17) is 15.7 Å². The van der Waals surface area contributed by atoms with Gasteiger partial charge in [0.2, 0.25) is 5.88 Å². The molecule has 2 N–H and O–H groups in total. The van der Waals surface area contributed by atoms with Crippen LogP contribution in [-0.2, 0) is 6.18 Å². The zero-order valence-corrected chi connectivity index (χ0v) is 18.8. The second-order valence-electron chi connectivity index (χ2n) is 8.11. The maximum absolute atomic E-state index is 14.5. The molecule has 0 spiro atoms. The topological polar surface area (TPSA) is 110 Å². The van der Waals surface area contributed by atoms with Gasteiger partial charge < -0.3 is 15.4 Å². The number of hydrogen-bond donors (Lipinski definition) is 1. The quantitative estimate of drug-likeness (QED) is 0.541. The summed E-state index contributed by atoms with van der Waals surface area (Å²) in [6.07, 6.45) is -3.11. The van der Waals surface area contributed by atoms with Gasteiger partial charge in [-0.15, -0.1) is 0 Å². The normalized spacial score (nSPS) is 16.1. The summed E-state index contributed by atoms with van der Waals surface area (Å²) < 4.78 is 77.5. The number of nitrogens with zero attached hydrogens (tertiary/aromatic N) is 5. The van der Waals surface area contributed by atoms with Gasteiger partial charge in [-0.2, -0.15) is 18.4 Å². The van der Waals surface area contributed by atoms with Crippen LogP contribution in [0.4, 0.5) is 22.0 Å². The number of aromatic nitrogens is 3. The molecular weight excluding hydrogens is 487 g/mol. The Kier molecular flexibility index (Phi) is 6.64. The second-order valence-corrected chi connectivity index (χ2v) is 8.11. The number of methoxy groups -OCH3 is 1. The van der Waals surface area contributed by atoms with Gasteiger partial charge in [0.25, 0.3) is 5.91 Å². The number of benzene rings is 1. The van der Waals surface area contributed by atoms with Gasteiger partial charge in [0.05, 0.1) is 24.6 Å². The molecule has 1 fully saturated rings. The van der Waals surface area contributed by atoms with Gasteiger partial charge in [0.1, 0.15) is 17.7 Å². The van der Waals surface area contributed by atoms with Crippen molar-refractivity contribution in [1.29, 1.82) is 5.26 Å². The second kappa shape index (κ2) is 9.54. The lowest BCUT2D eigenvalue weighted by molar-refractivity contribution is -0.142. The number of rotatable bonds is 4. The van der Waals surface area contributed by atoms with E-state index in [0.29, 0.717) is 17.4 Å². The maximum Gasteiger partial charge on any atom is 0.434 e. The van der Waals surface area contributed by atoms with Crippen molar-refractivity contribution in [2.75, 3.05) is 20.2 Å². The summed E-state index contributed by atoms with van der Waals surface area (Å²) in [6.45, 7) is 0.207. The van der Waals surface area contributed by atoms with Gasteiger partial charge >= 0.3 is 6.18 Å². The molecule has 1 saturated heterocycles. The van der Waals surface area contributed by atoms with Crippen LogP contribution in [0.3, 0.4) is 0 Å². The summed E-state index contributed by atoms with van der Waals surface area (Å²) in [5, 5.41) is 9.00. The minimum Gasteiger partial charge on any atom is -0.479 e. The van der Waals surface area contributed by atoms with Crippen LogP contribution in [0.25, 0.3) is 17.1 Å². The van der Waals surface area contributed by atoms with Gasteiger partial charge in [-0.1, -0.05) is 0 Å². The van der Waals surface area contributed by atoms with Crippen LogP contribution in [0, 0.1) is 23.0 Å². The Morgan fingerprint density at radius 1 is 1.25 bits per heavy atom. The van der Waals surface area contributed by atoms with Crippen LogP contribution in [0.5, 0.6) is 5.88 Å². The molecule has 3 heterocycles. The first-order chi connectivity index (χ1) is 17.0. The molecule has 2 aromatic heterocycles. The molecule has 8 nitrogen and oxygen atoms in total. The lowest BCUT2D eigenvalue weighted by atomic mass is 10.1. The smallest absolute Gasteiger partial charge is 0.434 e.